The normalized spacial score (nSPS) is 20.9. The second-order valence-corrected chi connectivity index (χ2v) is 8.57. The number of aromatic nitrogens is 4. The van der Waals surface area contributed by atoms with Crippen LogP contribution in [0, 0.1) is 11.8 Å². The number of nitrogens with zero attached hydrogens (tertiary/aromatic N) is 6. The molecule has 0 spiro atoms. The van der Waals surface area contributed by atoms with Gasteiger partial charge in [0.25, 0.3) is 0 Å². The summed E-state index contributed by atoms with van der Waals surface area (Å²) in [5.41, 5.74) is 1.05. The third kappa shape index (κ3) is 4.70. The van der Waals surface area contributed by atoms with Gasteiger partial charge in [0.05, 0.1) is 18.1 Å². The van der Waals surface area contributed by atoms with Gasteiger partial charge >= 0.3 is 0 Å². The molecule has 4 rings (SSSR count). The van der Waals surface area contributed by atoms with E-state index < -0.39 is 12.2 Å². The van der Waals surface area contributed by atoms with Gasteiger partial charge in [-0.15, -0.1) is 0 Å². The third-order valence-electron chi connectivity index (χ3n) is 6.50. The lowest BCUT2D eigenvalue weighted by atomic mass is 9.78. The highest BCUT2D eigenvalue weighted by Gasteiger charge is 2.30. The molecule has 0 aromatic carbocycles. The van der Waals surface area contributed by atoms with Crippen LogP contribution in [0.5, 0.6) is 0 Å². The van der Waals surface area contributed by atoms with E-state index in [-0.39, 0.29) is 0 Å². The SMILES string of the molecule is CC(O)c1ncc(N2CCC(C3CCN(c4ccnc(C(C)O)n4)CC3)CC2)cn1. The lowest BCUT2D eigenvalue weighted by Crippen LogP contribution is -2.41. The number of hydrogen-bond acceptors (Lipinski definition) is 8. The monoisotopic (exact) mass is 412 g/mol. The van der Waals surface area contributed by atoms with Crippen LogP contribution < -0.4 is 9.80 Å². The van der Waals surface area contributed by atoms with Crippen molar-refractivity contribution in [3.05, 3.63) is 36.3 Å². The van der Waals surface area contributed by atoms with Gasteiger partial charge in [-0.2, -0.15) is 0 Å². The van der Waals surface area contributed by atoms with Crippen LogP contribution in [0.4, 0.5) is 11.5 Å². The molecule has 0 radical (unpaired) electrons. The molecule has 2 atom stereocenters. The molecule has 162 valence electrons. The molecule has 4 heterocycles. The van der Waals surface area contributed by atoms with E-state index in [1.54, 1.807) is 20.0 Å². The summed E-state index contributed by atoms with van der Waals surface area (Å²) in [5.74, 6) is 3.42. The Bertz CT molecular complexity index is 813. The summed E-state index contributed by atoms with van der Waals surface area (Å²) in [6.45, 7) is 7.47. The van der Waals surface area contributed by atoms with Crippen LogP contribution in [0.25, 0.3) is 0 Å². The van der Waals surface area contributed by atoms with E-state index in [2.05, 4.69) is 29.7 Å². The smallest absolute Gasteiger partial charge is 0.158 e. The summed E-state index contributed by atoms with van der Waals surface area (Å²) >= 11 is 0. The fraction of sp³-hybridized carbons (Fsp3) is 0.636. The van der Waals surface area contributed by atoms with Crippen molar-refractivity contribution in [1.29, 1.82) is 0 Å². The van der Waals surface area contributed by atoms with Crippen LogP contribution in [0.2, 0.25) is 0 Å². The Kier molecular flexibility index (Phi) is 6.43. The standard InChI is InChI=1S/C22H32N6O2/c1-15(29)21-24-13-19(14-25-21)27-9-4-17(5-10-27)18-6-11-28(12-7-18)20-3-8-23-22(26-20)16(2)30/h3,8,13-18,29-30H,4-7,9-12H2,1-2H3. The lowest BCUT2D eigenvalue weighted by Gasteiger charge is -2.41. The van der Waals surface area contributed by atoms with Gasteiger partial charge in [-0.05, 0) is 57.4 Å². The molecule has 0 aliphatic carbocycles. The Balaban J connectivity index is 1.28. The van der Waals surface area contributed by atoms with Gasteiger partial charge in [0.2, 0.25) is 0 Å². The molecular formula is C22H32N6O2. The Morgan fingerprint density at radius 2 is 1.33 bits per heavy atom. The summed E-state index contributed by atoms with van der Waals surface area (Å²) in [6.07, 6.45) is 8.90. The summed E-state index contributed by atoms with van der Waals surface area (Å²) < 4.78 is 0. The molecular weight excluding hydrogens is 380 g/mol. The highest BCUT2D eigenvalue weighted by atomic mass is 16.3. The maximum atomic E-state index is 9.73. The predicted molar refractivity (Wildman–Crippen MR) is 115 cm³/mol. The number of piperidine rings is 2. The van der Waals surface area contributed by atoms with E-state index in [4.69, 9.17) is 0 Å². The quantitative estimate of drug-likeness (QED) is 0.773. The van der Waals surface area contributed by atoms with Crippen molar-refractivity contribution < 1.29 is 10.2 Å². The van der Waals surface area contributed by atoms with E-state index in [1.807, 2.05) is 18.5 Å². The minimum Gasteiger partial charge on any atom is -0.385 e. The van der Waals surface area contributed by atoms with Gasteiger partial charge < -0.3 is 20.0 Å². The molecule has 0 bridgehead atoms. The summed E-state index contributed by atoms with van der Waals surface area (Å²) in [4.78, 5) is 21.9. The van der Waals surface area contributed by atoms with Crippen LogP contribution >= 0.6 is 0 Å². The number of aliphatic hydroxyl groups is 2. The molecule has 2 unspecified atom stereocenters. The molecule has 8 nitrogen and oxygen atoms in total. The Labute approximate surface area is 178 Å². The van der Waals surface area contributed by atoms with E-state index in [0.29, 0.717) is 11.6 Å². The van der Waals surface area contributed by atoms with Crippen molar-refractivity contribution in [1.82, 2.24) is 19.9 Å². The van der Waals surface area contributed by atoms with Gasteiger partial charge in [0.15, 0.2) is 11.6 Å². The zero-order chi connectivity index (χ0) is 21.1. The largest absolute Gasteiger partial charge is 0.385 e. The first kappa shape index (κ1) is 20.9. The maximum absolute atomic E-state index is 9.73. The van der Waals surface area contributed by atoms with Crippen LogP contribution in [0.1, 0.15) is 63.4 Å². The minimum absolute atomic E-state index is 0.477. The molecule has 2 aliphatic heterocycles. The Morgan fingerprint density at radius 1 is 0.800 bits per heavy atom. The molecule has 2 fully saturated rings. The fourth-order valence-electron chi connectivity index (χ4n) is 4.68. The van der Waals surface area contributed by atoms with Gasteiger partial charge in [-0.25, -0.2) is 19.9 Å². The Morgan fingerprint density at radius 3 is 1.87 bits per heavy atom. The van der Waals surface area contributed by atoms with E-state index in [1.165, 1.54) is 25.7 Å². The van der Waals surface area contributed by atoms with Crippen molar-refractivity contribution in [2.45, 2.75) is 51.7 Å². The van der Waals surface area contributed by atoms with Gasteiger partial charge in [0.1, 0.15) is 18.0 Å². The average molecular weight is 413 g/mol. The first-order valence-electron chi connectivity index (χ1n) is 11.0. The van der Waals surface area contributed by atoms with E-state index >= 15 is 0 Å². The van der Waals surface area contributed by atoms with Crippen molar-refractivity contribution in [3.8, 4) is 0 Å². The number of anilines is 2. The first-order chi connectivity index (χ1) is 14.5. The van der Waals surface area contributed by atoms with Crippen molar-refractivity contribution >= 4 is 11.5 Å². The molecule has 8 heteroatoms. The third-order valence-corrected chi connectivity index (χ3v) is 6.50. The second-order valence-electron chi connectivity index (χ2n) is 8.57. The summed E-state index contributed by atoms with van der Waals surface area (Å²) in [5, 5.41) is 19.3. The highest BCUT2D eigenvalue weighted by Crippen LogP contribution is 2.34. The van der Waals surface area contributed by atoms with E-state index in [9.17, 15) is 10.2 Å². The summed E-state index contributed by atoms with van der Waals surface area (Å²) in [7, 11) is 0. The molecule has 2 aromatic heterocycles. The van der Waals surface area contributed by atoms with Crippen LogP contribution in [0.3, 0.4) is 0 Å². The van der Waals surface area contributed by atoms with Crippen LogP contribution in [-0.4, -0.2) is 56.3 Å². The van der Waals surface area contributed by atoms with Gasteiger partial charge in [-0.3, -0.25) is 0 Å². The zero-order valence-corrected chi connectivity index (χ0v) is 17.9. The van der Waals surface area contributed by atoms with Gasteiger partial charge in [-0.1, -0.05) is 0 Å². The second kappa shape index (κ2) is 9.22. The van der Waals surface area contributed by atoms with Crippen LogP contribution in [0.15, 0.2) is 24.7 Å². The summed E-state index contributed by atoms with van der Waals surface area (Å²) in [6, 6.07) is 1.94. The van der Waals surface area contributed by atoms with Crippen molar-refractivity contribution in [3.63, 3.8) is 0 Å². The number of rotatable bonds is 5. The van der Waals surface area contributed by atoms with E-state index in [0.717, 1.165) is 49.5 Å². The molecule has 2 N–H and O–H groups in total. The fourth-order valence-corrected chi connectivity index (χ4v) is 4.68. The number of hydrogen-bond donors (Lipinski definition) is 2. The van der Waals surface area contributed by atoms with Crippen molar-refractivity contribution in [2.75, 3.05) is 36.0 Å². The highest BCUT2D eigenvalue weighted by molar-refractivity contribution is 5.42. The molecule has 2 saturated heterocycles. The molecule has 0 saturated carbocycles. The predicted octanol–water partition coefficient (Wildman–Crippen LogP) is 2.51. The Hall–Kier alpha value is -2.32. The first-order valence-corrected chi connectivity index (χ1v) is 11.0. The molecule has 30 heavy (non-hydrogen) atoms. The van der Waals surface area contributed by atoms with Crippen molar-refractivity contribution in [2.24, 2.45) is 11.8 Å². The van der Waals surface area contributed by atoms with Crippen LogP contribution in [-0.2, 0) is 0 Å². The minimum atomic E-state index is -0.638. The lowest BCUT2D eigenvalue weighted by molar-refractivity contribution is 0.188. The molecule has 2 aliphatic rings. The topological polar surface area (TPSA) is 98.5 Å². The maximum Gasteiger partial charge on any atom is 0.158 e. The zero-order valence-electron chi connectivity index (χ0n) is 17.9. The van der Waals surface area contributed by atoms with Gasteiger partial charge in [0, 0.05) is 32.4 Å². The molecule has 2 aromatic rings. The average Bonchev–Trinajstić information content (AvgIpc) is 2.79. The molecule has 0 amide bonds. The number of aliphatic hydroxyl groups excluding tert-OH is 2.